The zero-order valence-electron chi connectivity index (χ0n) is 11.1. The van der Waals surface area contributed by atoms with Crippen LogP contribution in [-0.2, 0) is 9.84 Å². The number of hydrogen-bond donors (Lipinski definition) is 1. The maximum Gasteiger partial charge on any atom is 0.186 e. The van der Waals surface area contributed by atoms with Crippen molar-refractivity contribution in [3.8, 4) is 0 Å². The summed E-state index contributed by atoms with van der Waals surface area (Å²) < 4.78 is 25.5. The molecule has 1 atom stereocenters. The lowest BCUT2D eigenvalue weighted by molar-refractivity contribution is 0.576. The first-order valence-electron chi connectivity index (χ1n) is 6.24. The van der Waals surface area contributed by atoms with Crippen molar-refractivity contribution >= 4 is 21.4 Å². The van der Waals surface area contributed by atoms with E-state index in [9.17, 15) is 8.42 Å². The minimum absolute atomic E-state index is 0.283. The van der Waals surface area contributed by atoms with Crippen LogP contribution in [-0.4, -0.2) is 22.0 Å². The molecule has 2 aromatic rings. The van der Waals surface area contributed by atoms with Crippen molar-refractivity contribution in [2.75, 3.05) is 13.6 Å². The van der Waals surface area contributed by atoms with Crippen molar-refractivity contribution in [3.63, 3.8) is 0 Å². The van der Waals surface area contributed by atoms with Crippen LogP contribution in [0, 0.1) is 0 Å². The summed E-state index contributed by atoms with van der Waals surface area (Å²) in [4.78, 5) is 0.283. The maximum absolute atomic E-state index is 12.8. The van der Waals surface area contributed by atoms with E-state index in [0.717, 1.165) is 5.56 Å². The fraction of sp³-hybridized carbons (Fsp3) is 0.200. The van der Waals surface area contributed by atoms with E-state index in [0.29, 0.717) is 11.6 Å². The number of likely N-dealkylation sites (N-methyl/N-ethyl adjacent to an activating group) is 1. The summed E-state index contributed by atoms with van der Waals surface area (Å²) in [6.45, 7) is 0.356. The van der Waals surface area contributed by atoms with Gasteiger partial charge in [-0.1, -0.05) is 41.9 Å². The van der Waals surface area contributed by atoms with Gasteiger partial charge in [-0.25, -0.2) is 8.42 Å². The third kappa shape index (κ3) is 3.20. The zero-order chi connectivity index (χ0) is 14.6. The van der Waals surface area contributed by atoms with Gasteiger partial charge in [-0.15, -0.1) is 0 Å². The summed E-state index contributed by atoms with van der Waals surface area (Å²) in [7, 11) is -1.71. The first-order valence-corrected chi connectivity index (χ1v) is 8.17. The van der Waals surface area contributed by atoms with Crippen molar-refractivity contribution in [2.24, 2.45) is 0 Å². The van der Waals surface area contributed by atoms with Crippen molar-refractivity contribution in [2.45, 2.75) is 10.1 Å². The highest BCUT2D eigenvalue weighted by atomic mass is 35.5. The molecule has 20 heavy (non-hydrogen) atoms. The van der Waals surface area contributed by atoms with Gasteiger partial charge in [-0.3, -0.25) is 0 Å². The van der Waals surface area contributed by atoms with E-state index in [-0.39, 0.29) is 4.90 Å². The molecule has 0 aromatic heterocycles. The second-order valence-corrected chi connectivity index (χ2v) is 7.02. The van der Waals surface area contributed by atoms with Gasteiger partial charge < -0.3 is 5.32 Å². The average molecular weight is 310 g/mol. The molecule has 1 N–H and O–H groups in total. The molecular formula is C15H16ClNO2S. The summed E-state index contributed by atoms with van der Waals surface area (Å²) in [5, 5.41) is 2.85. The third-order valence-electron chi connectivity index (χ3n) is 3.08. The second kappa shape index (κ2) is 6.39. The van der Waals surface area contributed by atoms with Crippen LogP contribution in [0.4, 0.5) is 0 Å². The van der Waals surface area contributed by atoms with Crippen LogP contribution in [0.5, 0.6) is 0 Å². The lowest BCUT2D eigenvalue weighted by Gasteiger charge is -2.18. The Bertz CT molecular complexity index is 654. The Balaban J connectivity index is 2.45. The molecule has 0 heterocycles. The molecule has 2 rings (SSSR count). The molecule has 0 spiro atoms. The number of benzene rings is 2. The second-order valence-electron chi connectivity index (χ2n) is 4.46. The Morgan fingerprint density at radius 1 is 1.05 bits per heavy atom. The van der Waals surface area contributed by atoms with Gasteiger partial charge in [0.15, 0.2) is 9.84 Å². The van der Waals surface area contributed by atoms with Crippen molar-refractivity contribution in [3.05, 3.63) is 65.2 Å². The molecule has 5 heteroatoms. The van der Waals surface area contributed by atoms with Crippen molar-refractivity contribution in [1.82, 2.24) is 5.32 Å². The smallest absolute Gasteiger partial charge is 0.186 e. The number of rotatable bonds is 5. The Morgan fingerprint density at radius 2 is 1.65 bits per heavy atom. The molecule has 0 radical (unpaired) electrons. The minimum atomic E-state index is -3.45. The van der Waals surface area contributed by atoms with E-state index in [1.54, 1.807) is 31.3 Å². The fourth-order valence-electron chi connectivity index (χ4n) is 2.05. The minimum Gasteiger partial charge on any atom is -0.318 e. The van der Waals surface area contributed by atoms with Gasteiger partial charge in [0.2, 0.25) is 0 Å². The monoisotopic (exact) mass is 309 g/mol. The van der Waals surface area contributed by atoms with Gasteiger partial charge in [-0.05, 0) is 36.9 Å². The first kappa shape index (κ1) is 15.0. The van der Waals surface area contributed by atoms with Crippen LogP contribution in [0.15, 0.2) is 59.5 Å². The summed E-state index contributed by atoms with van der Waals surface area (Å²) in [6, 6.07) is 15.5. The molecule has 0 saturated heterocycles. The van der Waals surface area contributed by atoms with E-state index in [2.05, 4.69) is 5.32 Å². The number of sulfone groups is 1. The van der Waals surface area contributed by atoms with Gasteiger partial charge in [0.05, 0.1) is 4.90 Å². The van der Waals surface area contributed by atoms with Crippen molar-refractivity contribution < 1.29 is 8.42 Å². The molecule has 0 aliphatic rings. The van der Waals surface area contributed by atoms with Gasteiger partial charge in [0.1, 0.15) is 5.25 Å². The van der Waals surface area contributed by atoms with Crippen LogP contribution < -0.4 is 5.32 Å². The van der Waals surface area contributed by atoms with E-state index in [4.69, 9.17) is 11.6 Å². The molecule has 0 saturated carbocycles. The lowest BCUT2D eigenvalue weighted by Crippen LogP contribution is -2.24. The SMILES string of the molecule is CNCC(c1ccccc1)S(=O)(=O)c1ccc(Cl)cc1. The topological polar surface area (TPSA) is 46.2 Å². The molecule has 106 valence electrons. The van der Waals surface area contributed by atoms with E-state index < -0.39 is 15.1 Å². The van der Waals surface area contributed by atoms with Crippen LogP contribution >= 0.6 is 11.6 Å². The van der Waals surface area contributed by atoms with Gasteiger partial charge >= 0.3 is 0 Å². The van der Waals surface area contributed by atoms with Crippen LogP contribution in [0.3, 0.4) is 0 Å². The predicted molar refractivity (Wildman–Crippen MR) is 81.7 cm³/mol. The number of halogens is 1. The van der Waals surface area contributed by atoms with Gasteiger partial charge in [0, 0.05) is 11.6 Å². The normalized spacial score (nSPS) is 13.1. The van der Waals surface area contributed by atoms with E-state index >= 15 is 0 Å². The Kier molecular flexibility index (Phi) is 4.81. The highest BCUT2D eigenvalue weighted by Gasteiger charge is 2.28. The molecule has 0 amide bonds. The molecule has 1 unspecified atom stereocenters. The highest BCUT2D eigenvalue weighted by molar-refractivity contribution is 7.91. The van der Waals surface area contributed by atoms with Gasteiger partial charge in [-0.2, -0.15) is 0 Å². The molecule has 2 aromatic carbocycles. The molecule has 0 fully saturated rings. The number of hydrogen-bond acceptors (Lipinski definition) is 3. The summed E-state index contributed by atoms with van der Waals surface area (Å²) in [5.41, 5.74) is 0.775. The summed E-state index contributed by atoms with van der Waals surface area (Å²) in [5.74, 6) is 0. The molecule has 0 aliphatic heterocycles. The Labute approximate surface area is 124 Å². The first-order chi connectivity index (χ1) is 9.55. The quantitative estimate of drug-likeness (QED) is 0.923. The Morgan fingerprint density at radius 3 is 2.20 bits per heavy atom. The summed E-state index contributed by atoms with van der Waals surface area (Å²) in [6.07, 6.45) is 0. The Hall–Kier alpha value is -1.36. The molecule has 0 aliphatic carbocycles. The average Bonchev–Trinajstić information content (AvgIpc) is 2.46. The molecular weight excluding hydrogens is 294 g/mol. The third-order valence-corrected chi connectivity index (χ3v) is 5.45. The van der Waals surface area contributed by atoms with Crippen LogP contribution in [0.1, 0.15) is 10.8 Å². The van der Waals surface area contributed by atoms with E-state index in [1.807, 2.05) is 30.3 Å². The molecule has 0 bridgehead atoms. The largest absolute Gasteiger partial charge is 0.318 e. The number of nitrogens with one attached hydrogen (secondary N) is 1. The standard InChI is InChI=1S/C15H16ClNO2S/c1-17-11-15(12-5-3-2-4-6-12)20(18,19)14-9-7-13(16)8-10-14/h2-10,15,17H,11H2,1H3. The highest BCUT2D eigenvalue weighted by Crippen LogP contribution is 2.29. The van der Waals surface area contributed by atoms with Crippen molar-refractivity contribution in [1.29, 1.82) is 0 Å². The van der Waals surface area contributed by atoms with E-state index in [1.165, 1.54) is 0 Å². The van der Waals surface area contributed by atoms with Gasteiger partial charge in [0.25, 0.3) is 0 Å². The van der Waals surface area contributed by atoms with Crippen LogP contribution in [0.2, 0.25) is 5.02 Å². The van der Waals surface area contributed by atoms with Crippen LogP contribution in [0.25, 0.3) is 0 Å². The zero-order valence-corrected chi connectivity index (χ0v) is 12.7. The predicted octanol–water partition coefficient (Wildman–Crippen LogP) is 3.07. The molecule has 3 nitrogen and oxygen atoms in total. The fourth-order valence-corrected chi connectivity index (χ4v) is 3.92. The maximum atomic E-state index is 12.8. The summed E-state index contributed by atoms with van der Waals surface area (Å²) >= 11 is 5.81. The lowest BCUT2D eigenvalue weighted by atomic mass is 10.1.